The van der Waals surface area contributed by atoms with Gasteiger partial charge in [-0.05, 0) is 24.7 Å². The van der Waals surface area contributed by atoms with Gasteiger partial charge in [-0.15, -0.1) is 0 Å². The van der Waals surface area contributed by atoms with Crippen LogP contribution < -0.4 is 0 Å². The minimum Gasteiger partial charge on any atom is -0.378 e. The van der Waals surface area contributed by atoms with E-state index in [0.717, 1.165) is 32.2 Å². The molecule has 0 radical (unpaired) electrons. The second kappa shape index (κ2) is 3.58. The Kier molecular flexibility index (Phi) is 2.61. The third kappa shape index (κ3) is 1.62. The standard InChI is InChI=1S/C11H20O2/c1-9(2)10-4-3-6-13-11(10)5-7-12-8-11/h9-10H,3-8H2,1-2H3. The first-order chi connectivity index (χ1) is 6.25. The third-order valence-electron chi connectivity index (χ3n) is 3.55. The van der Waals surface area contributed by atoms with Gasteiger partial charge in [-0.3, -0.25) is 0 Å². The first-order valence-corrected chi connectivity index (χ1v) is 5.46. The molecule has 0 aromatic heterocycles. The van der Waals surface area contributed by atoms with Crippen molar-refractivity contribution in [1.82, 2.24) is 0 Å². The van der Waals surface area contributed by atoms with Gasteiger partial charge in [-0.25, -0.2) is 0 Å². The highest BCUT2D eigenvalue weighted by atomic mass is 16.6. The Hall–Kier alpha value is -0.0800. The summed E-state index contributed by atoms with van der Waals surface area (Å²) < 4.78 is 11.5. The van der Waals surface area contributed by atoms with Crippen LogP contribution in [0.5, 0.6) is 0 Å². The van der Waals surface area contributed by atoms with Crippen molar-refractivity contribution in [2.24, 2.45) is 11.8 Å². The minimum atomic E-state index is 0.0897. The summed E-state index contributed by atoms with van der Waals surface area (Å²) in [5.74, 6) is 1.44. The highest BCUT2D eigenvalue weighted by molar-refractivity contribution is 4.95. The van der Waals surface area contributed by atoms with E-state index in [0.29, 0.717) is 5.92 Å². The van der Waals surface area contributed by atoms with E-state index in [9.17, 15) is 0 Å². The summed E-state index contributed by atoms with van der Waals surface area (Å²) in [5.41, 5.74) is 0.0897. The third-order valence-corrected chi connectivity index (χ3v) is 3.55. The summed E-state index contributed by atoms with van der Waals surface area (Å²) in [6, 6.07) is 0. The lowest BCUT2D eigenvalue weighted by Crippen LogP contribution is -2.47. The predicted octanol–water partition coefficient (Wildman–Crippen LogP) is 2.23. The minimum absolute atomic E-state index is 0.0897. The number of rotatable bonds is 1. The highest BCUT2D eigenvalue weighted by Gasteiger charge is 2.46. The monoisotopic (exact) mass is 184 g/mol. The topological polar surface area (TPSA) is 18.5 Å². The normalized spacial score (nSPS) is 40.4. The molecule has 2 saturated heterocycles. The molecule has 0 aromatic rings. The van der Waals surface area contributed by atoms with Crippen LogP contribution in [0.3, 0.4) is 0 Å². The largest absolute Gasteiger partial charge is 0.378 e. The van der Waals surface area contributed by atoms with Gasteiger partial charge in [0.15, 0.2) is 0 Å². The van der Waals surface area contributed by atoms with Crippen molar-refractivity contribution in [1.29, 1.82) is 0 Å². The van der Waals surface area contributed by atoms with Crippen LogP contribution >= 0.6 is 0 Å². The maximum absolute atomic E-state index is 5.98. The highest BCUT2D eigenvalue weighted by Crippen LogP contribution is 2.41. The van der Waals surface area contributed by atoms with Crippen LogP contribution in [0.4, 0.5) is 0 Å². The molecule has 0 amide bonds. The Morgan fingerprint density at radius 3 is 2.77 bits per heavy atom. The van der Waals surface area contributed by atoms with Gasteiger partial charge in [0.05, 0.1) is 12.2 Å². The van der Waals surface area contributed by atoms with Gasteiger partial charge < -0.3 is 9.47 Å². The summed E-state index contributed by atoms with van der Waals surface area (Å²) in [4.78, 5) is 0. The van der Waals surface area contributed by atoms with Crippen molar-refractivity contribution >= 4 is 0 Å². The zero-order chi connectivity index (χ0) is 9.31. The lowest BCUT2D eigenvalue weighted by molar-refractivity contribution is -0.131. The fourth-order valence-corrected chi connectivity index (χ4v) is 2.86. The Bertz CT molecular complexity index is 171. The van der Waals surface area contributed by atoms with E-state index >= 15 is 0 Å². The number of hydrogen-bond acceptors (Lipinski definition) is 2. The van der Waals surface area contributed by atoms with Crippen molar-refractivity contribution in [3.8, 4) is 0 Å². The van der Waals surface area contributed by atoms with E-state index < -0.39 is 0 Å². The fraction of sp³-hybridized carbons (Fsp3) is 1.00. The van der Waals surface area contributed by atoms with E-state index in [1.54, 1.807) is 0 Å². The number of hydrogen-bond donors (Lipinski definition) is 0. The van der Waals surface area contributed by atoms with Gasteiger partial charge in [0, 0.05) is 19.6 Å². The maximum atomic E-state index is 5.98. The van der Waals surface area contributed by atoms with Gasteiger partial charge in [-0.2, -0.15) is 0 Å². The van der Waals surface area contributed by atoms with E-state index in [4.69, 9.17) is 9.47 Å². The molecule has 2 unspecified atom stereocenters. The quantitative estimate of drug-likeness (QED) is 0.622. The van der Waals surface area contributed by atoms with Crippen LogP contribution in [-0.4, -0.2) is 25.4 Å². The molecular formula is C11H20O2. The van der Waals surface area contributed by atoms with Crippen molar-refractivity contribution in [2.45, 2.75) is 38.7 Å². The molecule has 2 nitrogen and oxygen atoms in total. The first-order valence-electron chi connectivity index (χ1n) is 5.46. The van der Waals surface area contributed by atoms with Crippen LogP contribution in [0.15, 0.2) is 0 Å². The molecule has 2 heteroatoms. The summed E-state index contributed by atoms with van der Waals surface area (Å²) in [6.07, 6.45) is 3.65. The zero-order valence-corrected chi connectivity index (χ0v) is 8.71. The van der Waals surface area contributed by atoms with Crippen LogP contribution in [0.1, 0.15) is 33.1 Å². The average molecular weight is 184 g/mol. The summed E-state index contributed by atoms with van der Waals surface area (Å²) in [5, 5.41) is 0. The molecule has 0 aromatic carbocycles. The molecule has 2 aliphatic heterocycles. The maximum Gasteiger partial charge on any atom is 0.0967 e. The SMILES string of the molecule is CC(C)C1CCCOC12CCOC2. The second-order valence-electron chi connectivity index (χ2n) is 4.71. The lowest BCUT2D eigenvalue weighted by Gasteiger charge is -2.42. The second-order valence-corrected chi connectivity index (χ2v) is 4.71. The van der Waals surface area contributed by atoms with E-state index in [2.05, 4.69) is 13.8 Å². The smallest absolute Gasteiger partial charge is 0.0967 e. The molecular weight excluding hydrogens is 164 g/mol. The van der Waals surface area contributed by atoms with Crippen LogP contribution in [-0.2, 0) is 9.47 Å². The molecule has 13 heavy (non-hydrogen) atoms. The average Bonchev–Trinajstić information content (AvgIpc) is 2.54. The Morgan fingerprint density at radius 2 is 2.15 bits per heavy atom. The molecule has 0 saturated carbocycles. The molecule has 0 N–H and O–H groups in total. The van der Waals surface area contributed by atoms with E-state index in [1.165, 1.54) is 12.8 Å². The van der Waals surface area contributed by atoms with Gasteiger partial charge in [0.2, 0.25) is 0 Å². The van der Waals surface area contributed by atoms with Gasteiger partial charge in [0.1, 0.15) is 0 Å². The molecule has 2 aliphatic rings. The van der Waals surface area contributed by atoms with E-state index in [1.807, 2.05) is 0 Å². The van der Waals surface area contributed by atoms with Crippen molar-refractivity contribution in [2.75, 3.05) is 19.8 Å². The molecule has 2 atom stereocenters. The predicted molar refractivity (Wildman–Crippen MR) is 51.7 cm³/mol. The lowest BCUT2D eigenvalue weighted by atomic mass is 9.75. The molecule has 2 rings (SSSR count). The van der Waals surface area contributed by atoms with Crippen LogP contribution in [0, 0.1) is 11.8 Å². The van der Waals surface area contributed by atoms with Crippen LogP contribution in [0.2, 0.25) is 0 Å². The van der Waals surface area contributed by atoms with Crippen molar-refractivity contribution < 1.29 is 9.47 Å². The van der Waals surface area contributed by atoms with Gasteiger partial charge in [0.25, 0.3) is 0 Å². The molecule has 2 heterocycles. The molecule has 0 aliphatic carbocycles. The van der Waals surface area contributed by atoms with Gasteiger partial charge >= 0.3 is 0 Å². The Balaban J connectivity index is 2.12. The van der Waals surface area contributed by atoms with E-state index in [-0.39, 0.29) is 5.60 Å². The molecule has 0 bridgehead atoms. The number of ether oxygens (including phenoxy) is 2. The zero-order valence-electron chi connectivity index (χ0n) is 8.71. The Labute approximate surface area is 80.6 Å². The summed E-state index contributed by atoms with van der Waals surface area (Å²) in [6.45, 7) is 7.27. The molecule has 1 spiro atoms. The molecule has 76 valence electrons. The van der Waals surface area contributed by atoms with Crippen LogP contribution in [0.25, 0.3) is 0 Å². The Morgan fingerprint density at radius 1 is 1.31 bits per heavy atom. The fourth-order valence-electron chi connectivity index (χ4n) is 2.86. The first kappa shape index (κ1) is 9.47. The van der Waals surface area contributed by atoms with Crippen molar-refractivity contribution in [3.63, 3.8) is 0 Å². The summed E-state index contributed by atoms with van der Waals surface area (Å²) in [7, 11) is 0. The van der Waals surface area contributed by atoms with Gasteiger partial charge in [-0.1, -0.05) is 13.8 Å². The molecule has 2 fully saturated rings. The van der Waals surface area contributed by atoms with Crippen molar-refractivity contribution in [3.05, 3.63) is 0 Å². The summed E-state index contributed by atoms with van der Waals surface area (Å²) >= 11 is 0.